The van der Waals surface area contributed by atoms with Crippen molar-refractivity contribution in [1.29, 1.82) is 0 Å². The number of aliphatic hydroxyl groups is 1. The number of carbonyl (C=O) groups is 2. The van der Waals surface area contributed by atoms with Gasteiger partial charge in [-0.2, -0.15) is 0 Å². The molecule has 1 saturated heterocycles. The second kappa shape index (κ2) is 15.2. The molecule has 0 radical (unpaired) electrons. The first-order valence-electron chi connectivity index (χ1n) is 15.3. The lowest BCUT2D eigenvalue weighted by Gasteiger charge is -2.36. The Kier molecular flexibility index (Phi) is 10.4. The quantitative estimate of drug-likeness (QED) is 0.129. The lowest BCUT2D eigenvalue weighted by atomic mass is 9.99. The van der Waals surface area contributed by atoms with Gasteiger partial charge < -0.3 is 25.0 Å². The van der Waals surface area contributed by atoms with E-state index >= 15 is 0 Å². The van der Waals surface area contributed by atoms with Crippen LogP contribution in [0.3, 0.4) is 0 Å². The Morgan fingerprint density at radius 1 is 0.809 bits per heavy atom. The average molecular weight is 647 g/mol. The van der Waals surface area contributed by atoms with Crippen molar-refractivity contribution in [1.82, 2.24) is 10.3 Å². The van der Waals surface area contributed by atoms with Crippen LogP contribution >= 0.6 is 11.8 Å². The number of aromatic carboxylic acids is 1. The maximum atomic E-state index is 12.5. The summed E-state index contributed by atoms with van der Waals surface area (Å²) >= 11 is 1.61. The van der Waals surface area contributed by atoms with Crippen LogP contribution in [0.5, 0.6) is 0 Å². The topological polar surface area (TPSA) is 118 Å². The monoisotopic (exact) mass is 646 g/mol. The first kappa shape index (κ1) is 32.2. The van der Waals surface area contributed by atoms with Crippen molar-refractivity contribution in [2.45, 2.75) is 43.0 Å². The molecule has 0 bridgehead atoms. The van der Waals surface area contributed by atoms with E-state index in [4.69, 9.17) is 9.47 Å². The number of hydrogen-bond acceptors (Lipinski definition) is 7. The summed E-state index contributed by atoms with van der Waals surface area (Å²) in [5.74, 6) is -0.472. The van der Waals surface area contributed by atoms with Crippen LogP contribution in [0, 0.1) is 0 Å². The number of nitrogens with zero attached hydrogens (tertiary/aromatic N) is 1. The zero-order valence-electron chi connectivity index (χ0n) is 25.5. The summed E-state index contributed by atoms with van der Waals surface area (Å²) in [6, 6.07) is 34.3. The summed E-state index contributed by atoms with van der Waals surface area (Å²) in [5.41, 5.74) is 6.46. The van der Waals surface area contributed by atoms with E-state index in [1.54, 1.807) is 48.4 Å². The van der Waals surface area contributed by atoms with E-state index in [1.807, 2.05) is 72.8 Å². The molecule has 47 heavy (non-hydrogen) atoms. The molecule has 5 aromatic rings. The van der Waals surface area contributed by atoms with Crippen LogP contribution in [0.1, 0.15) is 61.8 Å². The first-order valence-corrected chi connectivity index (χ1v) is 16.3. The van der Waals surface area contributed by atoms with Crippen molar-refractivity contribution in [3.8, 4) is 11.1 Å². The molecule has 1 amide bonds. The van der Waals surface area contributed by atoms with Crippen LogP contribution in [-0.2, 0) is 22.6 Å². The highest BCUT2D eigenvalue weighted by molar-refractivity contribution is 7.99. The Balaban J connectivity index is 1.19. The van der Waals surface area contributed by atoms with Crippen molar-refractivity contribution in [2.75, 3.05) is 5.75 Å². The van der Waals surface area contributed by atoms with Gasteiger partial charge in [0.2, 0.25) is 0 Å². The predicted octanol–water partition coefficient (Wildman–Crippen LogP) is 7.21. The molecule has 1 aromatic heterocycles. The Labute approximate surface area is 277 Å². The second-order valence-electron chi connectivity index (χ2n) is 11.2. The average Bonchev–Trinajstić information content (AvgIpc) is 3.13. The highest BCUT2D eigenvalue weighted by Gasteiger charge is 2.32. The van der Waals surface area contributed by atoms with Crippen LogP contribution in [0.4, 0.5) is 0 Å². The molecule has 0 spiro atoms. The fourth-order valence-electron chi connectivity index (χ4n) is 5.41. The van der Waals surface area contributed by atoms with Crippen LogP contribution in [0.25, 0.3) is 11.1 Å². The minimum Gasteiger partial charge on any atom is -0.478 e. The molecule has 6 rings (SSSR count). The van der Waals surface area contributed by atoms with Gasteiger partial charge in [-0.3, -0.25) is 9.78 Å². The van der Waals surface area contributed by atoms with Crippen LogP contribution < -0.4 is 5.32 Å². The highest BCUT2D eigenvalue weighted by atomic mass is 32.2. The third kappa shape index (κ3) is 8.33. The Bertz CT molecular complexity index is 1820. The zero-order chi connectivity index (χ0) is 32.6. The number of carboxylic acid groups (broad SMARTS) is 1. The van der Waals surface area contributed by atoms with Gasteiger partial charge >= 0.3 is 5.97 Å². The third-order valence-electron chi connectivity index (χ3n) is 7.95. The Morgan fingerprint density at radius 3 is 2.30 bits per heavy atom. The smallest absolute Gasteiger partial charge is 0.335 e. The number of ether oxygens (including phenoxy) is 2. The zero-order valence-corrected chi connectivity index (χ0v) is 26.3. The highest BCUT2D eigenvalue weighted by Crippen LogP contribution is 2.40. The van der Waals surface area contributed by atoms with Gasteiger partial charge in [0.25, 0.3) is 5.91 Å². The summed E-state index contributed by atoms with van der Waals surface area (Å²) < 4.78 is 13.1. The Morgan fingerprint density at radius 2 is 1.57 bits per heavy atom. The minimum atomic E-state index is -0.950. The molecule has 4 aromatic carbocycles. The molecule has 1 aliphatic heterocycles. The number of aromatic nitrogens is 1. The lowest BCUT2D eigenvalue weighted by molar-refractivity contribution is -0.245. The molecule has 0 unspecified atom stereocenters. The van der Waals surface area contributed by atoms with Gasteiger partial charge in [0.15, 0.2) is 6.29 Å². The van der Waals surface area contributed by atoms with Crippen molar-refractivity contribution >= 4 is 23.6 Å². The molecule has 1 fully saturated rings. The van der Waals surface area contributed by atoms with Gasteiger partial charge in [-0.25, -0.2) is 4.79 Å². The third-order valence-corrected chi connectivity index (χ3v) is 9.09. The van der Waals surface area contributed by atoms with Crippen LogP contribution in [0.2, 0.25) is 0 Å². The van der Waals surface area contributed by atoms with E-state index in [1.165, 1.54) is 0 Å². The lowest BCUT2D eigenvalue weighted by Crippen LogP contribution is -2.31. The minimum absolute atomic E-state index is 0.0255. The molecular formula is C38H34N2O6S. The summed E-state index contributed by atoms with van der Waals surface area (Å²) in [4.78, 5) is 28.8. The largest absolute Gasteiger partial charge is 0.478 e. The van der Waals surface area contributed by atoms with Crippen LogP contribution in [-0.4, -0.2) is 38.9 Å². The molecule has 238 valence electrons. The molecule has 3 atom stereocenters. The molecular weight excluding hydrogens is 612 g/mol. The molecule has 8 nitrogen and oxygen atoms in total. The normalized spacial score (nSPS) is 17.6. The first-order chi connectivity index (χ1) is 22.9. The number of nitrogens with one attached hydrogen (secondary N) is 1. The van der Waals surface area contributed by atoms with Crippen molar-refractivity contribution in [2.24, 2.45) is 0 Å². The van der Waals surface area contributed by atoms with Gasteiger partial charge in [0.1, 0.15) is 0 Å². The number of aliphatic hydroxyl groups excluding tert-OH is 1. The number of thioether (sulfide) groups is 1. The number of amides is 1. The molecule has 3 N–H and O–H groups in total. The van der Waals surface area contributed by atoms with Gasteiger partial charge in [0, 0.05) is 41.6 Å². The SMILES string of the molecule is O=C(O)c1ccc(SC[C@H]2C[C@@H](c3ccc(CO)cc3)O[C@@H](c3cccc(-c4cccc(CNC(=O)c5cccnc5)c4)c3)O2)cc1. The van der Waals surface area contributed by atoms with Crippen molar-refractivity contribution in [3.05, 3.63) is 155 Å². The number of carboxylic acids is 1. The van der Waals surface area contributed by atoms with E-state index in [9.17, 15) is 19.8 Å². The van der Waals surface area contributed by atoms with Gasteiger partial charge in [-0.1, -0.05) is 60.7 Å². The van der Waals surface area contributed by atoms with E-state index in [0.717, 1.165) is 38.3 Å². The van der Waals surface area contributed by atoms with E-state index < -0.39 is 12.3 Å². The molecule has 9 heteroatoms. The molecule has 1 aliphatic rings. The Hall–Kier alpha value is -4.80. The van der Waals surface area contributed by atoms with E-state index in [0.29, 0.717) is 24.3 Å². The molecule has 0 aliphatic carbocycles. The summed E-state index contributed by atoms with van der Waals surface area (Å²) in [6.07, 6.45) is 2.84. The maximum Gasteiger partial charge on any atom is 0.335 e. The summed E-state index contributed by atoms with van der Waals surface area (Å²) in [5, 5.41) is 21.7. The van der Waals surface area contributed by atoms with E-state index in [2.05, 4.69) is 22.4 Å². The standard InChI is InChI=1S/C38H34N2O6S/c41-23-25-9-11-27(12-10-25)35-20-33(24-47-34-15-13-28(14-16-34)37(43)44)45-38(46-35)31-7-2-6-30(19-31)29-5-1-4-26(18-29)21-40-36(42)32-8-3-17-39-22-32/h1-19,22,33,35,38,41H,20-21,23-24H2,(H,40,42)(H,43,44)/t33-,35+,38+/m1/s1. The van der Waals surface area contributed by atoms with Gasteiger partial charge in [-0.15, -0.1) is 11.8 Å². The second-order valence-corrected chi connectivity index (χ2v) is 12.3. The fraction of sp³-hybridized carbons (Fsp3) is 0.184. The number of carbonyl (C=O) groups excluding carboxylic acids is 1. The molecule has 2 heterocycles. The van der Waals surface area contributed by atoms with Gasteiger partial charge in [-0.05, 0) is 76.3 Å². The number of pyridine rings is 1. The summed E-state index contributed by atoms with van der Waals surface area (Å²) in [7, 11) is 0. The van der Waals surface area contributed by atoms with Gasteiger partial charge in [0.05, 0.1) is 29.9 Å². The predicted molar refractivity (Wildman–Crippen MR) is 180 cm³/mol. The van der Waals surface area contributed by atoms with Crippen molar-refractivity contribution < 1.29 is 29.3 Å². The molecule has 0 saturated carbocycles. The van der Waals surface area contributed by atoms with Crippen molar-refractivity contribution in [3.63, 3.8) is 0 Å². The maximum absolute atomic E-state index is 12.5. The number of benzene rings is 4. The van der Waals surface area contributed by atoms with E-state index in [-0.39, 0.29) is 30.3 Å². The fourth-order valence-corrected chi connectivity index (χ4v) is 6.33. The summed E-state index contributed by atoms with van der Waals surface area (Å²) in [6.45, 7) is 0.355. The number of rotatable bonds is 11. The number of hydrogen-bond donors (Lipinski definition) is 3. The van der Waals surface area contributed by atoms with Crippen LogP contribution in [0.15, 0.2) is 126 Å².